The molecule has 19 heavy (non-hydrogen) atoms. The second kappa shape index (κ2) is 4.81. The van der Waals surface area contributed by atoms with Gasteiger partial charge in [-0.25, -0.2) is 0 Å². The zero-order valence-corrected chi connectivity index (χ0v) is 11.5. The number of hydrogen-bond acceptors (Lipinski definition) is 2. The summed E-state index contributed by atoms with van der Waals surface area (Å²) in [6.45, 7) is 0.739. The van der Waals surface area contributed by atoms with Crippen LogP contribution in [0, 0.1) is 0 Å². The highest BCUT2D eigenvalue weighted by Gasteiger charge is 2.34. The van der Waals surface area contributed by atoms with E-state index in [0.29, 0.717) is 11.2 Å². The van der Waals surface area contributed by atoms with Gasteiger partial charge in [0.25, 0.3) is 0 Å². The number of carbonyl (C=O) groups is 1. The van der Waals surface area contributed by atoms with Crippen LogP contribution in [0.2, 0.25) is 0 Å². The van der Waals surface area contributed by atoms with Crippen LogP contribution in [0.15, 0.2) is 24.3 Å². The van der Waals surface area contributed by atoms with Gasteiger partial charge >= 0.3 is 0 Å². The molecule has 1 fully saturated rings. The molecule has 1 aromatic carbocycles. The molecular weight excluding hydrogens is 258 g/mol. The van der Waals surface area contributed by atoms with Crippen LogP contribution in [0.4, 0.5) is 0 Å². The number of nitrogens with two attached hydrogens (primary N) is 1. The monoisotopic (exact) mass is 275 g/mol. The van der Waals surface area contributed by atoms with Gasteiger partial charge < -0.3 is 16.0 Å². The molecule has 2 aliphatic rings. The third-order valence-corrected chi connectivity index (χ3v) is 4.07. The summed E-state index contributed by atoms with van der Waals surface area (Å²) < 4.78 is 0. The molecule has 3 N–H and O–H groups in total. The van der Waals surface area contributed by atoms with E-state index in [9.17, 15) is 4.79 Å². The minimum atomic E-state index is -0.441. The summed E-state index contributed by atoms with van der Waals surface area (Å²) in [6.07, 6.45) is 3.21. The SMILES string of the molecule is NC(=O)C1c2ccccc2CCN1C(=S)NC1CC1. The molecule has 1 aliphatic carbocycles. The average Bonchev–Trinajstić information content (AvgIpc) is 3.21. The fourth-order valence-electron chi connectivity index (χ4n) is 2.58. The number of rotatable bonds is 2. The number of fused-ring (bicyclic) bond motifs is 1. The standard InChI is InChI=1S/C14H17N3OS/c15-13(18)12-11-4-2-1-3-9(11)7-8-17(12)14(19)16-10-5-6-10/h1-4,10,12H,5-8H2,(H2,15,18)(H,16,19). The fourth-order valence-corrected chi connectivity index (χ4v) is 2.94. The number of nitrogens with zero attached hydrogens (tertiary/aromatic N) is 1. The molecule has 1 unspecified atom stereocenters. The van der Waals surface area contributed by atoms with Crippen LogP contribution < -0.4 is 11.1 Å². The molecule has 100 valence electrons. The summed E-state index contributed by atoms with van der Waals surface area (Å²) in [4.78, 5) is 13.8. The van der Waals surface area contributed by atoms with Crippen molar-refractivity contribution in [2.24, 2.45) is 5.73 Å². The Morgan fingerprint density at radius 1 is 1.37 bits per heavy atom. The zero-order valence-electron chi connectivity index (χ0n) is 10.6. The molecule has 1 aliphatic heterocycles. The van der Waals surface area contributed by atoms with Crippen LogP contribution >= 0.6 is 12.2 Å². The van der Waals surface area contributed by atoms with Crippen LogP contribution in [-0.4, -0.2) is 28.5 Å². The minimum absolute atomic E-state index is 0.341. The first kappa shape index (κ1) is 12.4. The fraction of sp³-hybridized carbons (Fsp3) is 0.429. The lowest BCUT2D eigenvalue weighted by Gasteiger charge is -2.37. The maximum Gasteiger partial charge on any atom is 0.244 e. The molecule has 0 spiro atoms. The predicted molar refractivity (Wildman–Crippen MR) is 77.5 cm³/mol. The van der Waals surface area contributed by atoms with Crippen molar-refractivity contribution in [3.05, 3.63) is 35.4 Å². The summed E-state index contributed by atoms with van der Waals surface area (Å²) in [5.74, 6) is -0.341. The first-order valence-corrected chi connectivity index (χ1v) is 7.02. The zero-order chi connectivity index (χ0) is 13.4. The van der Waals surface area contributed by atoms with Gasteiger partial charge in [-0.3, -0.25) is 4.79 Å². The van der Waals surface area contributed by atoms with Gasteiger partial charge in [-0.15, -0.1) is 0 Å². The summed E-state index contributed by atoms with van der Waals surface area (Å²) in [7, 11) is 0. The predicted octanol–water partition coefficient (Wildman–Crippen LogP) is 1.11. The van der Waals surface area contributed by atoms with E-state index in [0.717, 1.165) is 31.4 Å². The van der Waals surface area contributed by atoms with Crippen molar-refractivity contribution >= 4 is 23.2 Å². The summed E-state index contributed by atoms with van der Waals surface area (Å²) >= 11 is 5.42. The van der Waals surface area contributed by atoms with Crippen LogP contribution in [0.1, 0.15) is 30.0 Å². The molecule has 0 aromatic heterocycles. The second-order valence-corrected chi connectivity index (χ2v) is 5.56. The van der Waals surface area contributed by atoms with E-state index in [-0.39, 0.29) is 5.91 Å². The largest absolute Gasteiger partial charge is 0.368 e. The van der Waals surface area contributed by atoms with Crippen LogP contribution in [0.25, 0.3) is 0 Å². The Balaban J connectivity index is 1.89. The number of nitrogens with one attached hydrogen (secondary N) is 1. The Bertz CT molecular complexity index is 527. The van der Waals surface area contributed by atoms with Crippen molar-refractivity contribution in [3.63, 3.8) is 0 Å². The van der Waals surface area contributed by atoms with Crippen LogP contribution in [0.3, 0.4) is 0 Å². The van der Waals surface area contributed by atoms with Gasteiger partial charge in [0.1, 0.15) is 6.04 Å². The Kier molecular flexibility index (Phi) is 3.14. The number of carbonyl (C=O) groups excluding carboxylic acids is 1. The van der Waals surface area contributed by atoms with Crippen molar-refractivity contribution in [3.8, 4) is 0 Å². The highest BCUT2D eigenvalue weighted by atomic mass is 32.1. The first-order valence-electron chi connectivity index (χ1n) is 6.61. The Morgan fingerprint density at radius 3 is 2.79 bits per heavy atom. The van der Waals surface area contributed by atoms with E-state index >= 15 is 0 Å². The molecule has 1 aromatic rings. The second-order valence-electron chi connectivity index (χ2n) is 5.17. The normalized spacial score (nSPS) is 21.7. The van der Waals surface area contributed by atoms with Gasteiger partial charge in [-0.05, 0) is 42.6 Å². The topological polar surface area (TPSA) is 58.4 Å². The first-order chi connectivity index (χ1) is 9.16. The van der Waals surface area contributed by atoms with Gasteiger partial charge in [0.15, 0.2) is 5.11 Å². The maximum absolute atomic E-state index is 11.8. The molecule has 1 heterocycles. The molecule has 1 amide bonds. The number of amides is 1. The van der Waals surface area contributed by atoms with Crippen molar-refractivity contribution in [1.82, 2.24) is 10.2 Å². The van der Waals surface area contributed by atoms with Crippen molar-refractivity contribution in [2.45, 2.75) is 31.3 Å². The number of hydrogen-bond donors (Lipinski definition) is 2. The molecule has 0 bridgehead atoms. The lowest BCUT2D eigenvalue weighted by atomic mass is 9.92. The van der Waals surface area contributed by atoms with E-state index in [1.54, 1.807) is 0 Å². The van der Waals surface area contributed by atoms with E-state index in [4.69, 9.17) is 18.0 Å². The molecular formula is C14H17N3OS. The molecule has 0 saturated heterocycles. The van der Waals surface area contributed by atoms with Crippen molar-refractivity contribution in [1.29, 1.82) is 0 Å². The summed E-state index contributed by atoms with van der Waals surface area (Å²) in [5, 5.41) is 3.94. The number of primary amides is 1. The van der Waals surface area contributed by atoms with Crippen LogP contribution in [-0.2, 0) is 11.2 Å². The third-order valence-electron chi connectivity index (χ3n) is 3.72. The lowest BCUT2D eigenvalue weighted by Crippen LogP contribution is -2.50. The lowest BCUT2D eigenvalue weighted by molar-refractivity contribution is -0.122. The van der Waals surface area contributed by atoms with Crippen molar-refractivity contribution < 1.29 is 4.79 Å². The van der Waals surface area contributed by atoms with E-state index in [2.05, 4.69) is 11.4 Å². The van der Waals surface area contributed by atoms with Gasteiger partial charge in [-0.2, -0.15) is 0 Å². The third kappa shape index (κ3) is 2.42. The van der Waals surface area contributed by atoms with Gasteiger partial charge in [0, 0.05) is 12.6 Å². The molecule has 0 radical (unpaired) electrons. The van der Waals surface area contributed by atoms with Gasteiger partial charge in [0.05, 0.1) is 0 Å². The quantitative estimate of drug-likeness (QED) is 0.794. The van der Waals surface area contributed by atoms with E-state index in [1.165, 1.54) is 5.56 Å². The smallest absolute Gasteiger partial charge is 0.244 e. The Morgan fingerprint density at radius 2 is 2.11 bits per heavy atom. The average molecular weight is 275 g/mol. The minimum Gasteiger partial charge on any atom is -0.368 e. The number of thiocarbonyl (C=S) groups is 1. The Labute approximate surface area is 118 Å². The molecule has 1 atom stereocenters. The van der Waals surface area contributed by atoms with Gasteiger partial charge in [-0.1, -0.05) is 24.3 Å². The van der Waals surface area contributed by atoms with Crippen LogP contribution in [0.5, 0.6) is 0 Å². The molecule has 5 heteroatoms. The molecule has 4 nitrogen and oxygen atoms in total. The summed E-state index contributed by atoms with van der Waals surface area (Å²) in [6, 6.07) is 8.00. The highest BCUT2D eigenvalue weighted by Crippen LogP contribution is 2.30. The Hall–Kier alpha value is -1.62. The van der Waals surface area contributed by atoms with Crippen molar-refractivity contribution in [2.75, 3.05) is 6.54 Å². The van der Waals surface area contributed by atoms with E-state index in [1.807, 2.05) is 23.1 Å². The maximum atomic E-state index is 11.8. The van der Waals surface area contributed by atoms with Gasteiger partial charge in [0.2, 0.25) is 5.91 Å². The van der Waals surface area contributed by atoms with E-state index < -0.39 is 6.04 Å². The molecule has 3 rings (SSSR count). The highest BCUT2D eigenvalue weighted by molar-refractivity contribution is 7.80. The molecule has 1 saturated carbocycles. The summed E-state index contributed by atoms with van der Waals surface area (Å²) in [5.41, 5.74) is 7.77. The number of benzene rings is 1.